The van der Waals surface area contributed by atoms with Crippen molar-refractivity contribution in [3.8, 4) is 0 Å². The van der Waals surface area contributed by atoms with E-state index in [-0.39, 0.29) is 24.0 Å². The van der Waals surface area contributed by atoms with Crippen LogP contribution in [0.15, 0.2) is 16.6 Å². The molecule has 1 aliphatic heterocycles. The molecule has 5 nitrogen and oxygen atoms in total. The number of halogens is 1. The van der Waals surface area contributed by atoms with Gasteiger partial charge in [0.15, 0.2) is 5.96 Å². The number of nitrogens with zero attached hydrogens (tertiary/aromatic N) is 2. The number of amides is 1. The van der Waals surface area contributed by atoms with Crippen molar-refractivity contribution in [1.29, 1.82) is 0 Å². The van der Waals surface area contributed by atoms with Crippen LogP contribution in [0, 0.1) is 0 Å². The fraction of sp³-hybridized carbons (Fsp3) is 0.800. The molecule has 2 N–H and O–H groups in total. The summed E-state index contributed by atoms with van der Waals surface area (Å²) in [6.07, 6.45) is 13.8. The molecule has 1 aliphatic carbocycles. The Balaban J connectivity index is 0.00000338. The number of rotatable bonds is 8. The van der Waals surface area contributed by atoms with Gasteiger partial charge in [0, 0.05) is 39.1 Å². The summed E-state index contributed by atoms with van der Waals surface area (Å²) in [5, 5.41) is 6.76. The molecule has 0 saturated carbocycles. The van der Waals surface area contributed by atoms with Gasteiger partial charge in [-0.3, -0.25) is 9.79 Å². The summed E-state index contributed by atoms with van der Waals surface area (Å²) in [7, 11) is 0. The lowest BCUT2D eigenvalue weighted by Gasteiger charge is -2.20. The summed E-state index contributed by atoms with van der Waals surface area (Å²) in [5.74, 6) is 1.23. The highest BCUT2D eigenvalue weighted by Gasteiger charge is 2.15. The van der Waals surface area contributed by atoms with Crippen LogP contribution in [0.3, 0.4) is 0 Å². The van der Waals surface area contributed by atoms with Crippen LogP contribution < -0.4 is 10.6 Å². The molecule has 0 aromatic heterocycles. The van der Waals surface area contributed by atoms with E-state index < -0.39 is 0 Å². The molecule has 0 aromatic carbocycles. The average Bonchev–Trinajstić information content (AvgIpc) is 2.84. The minimum atomic E-state index is 0. The second-order valence-electron chi connectivity index (χ2n) is 7.09. The molecule has 0 atom stereocenters. The van der Waals surface area contributed by atoms with E-state index in [9.17, 15) is 4.79 Å². The third-order valence-electron chi connectivity index (χ3n) is 5.00. The number of likely N-dealkylation sites (tertiary alicyclic amines) is 1. The Bertz CT molecular complexity index is 465. The van der Waals surface area contributed by atoms with Crippen LogP contribution in [0.2, 0.25) is 0 Å². The molecule has 1 saturated heterocycles. The van der Waals surface area contributed by atoms with E-state index in [2.05, 4.69) is 28.6 Å². The topological polar surface area (TPSA) is 56.7 Å². The summed E-state index contributed by atoms with van der Waals surface area (Å²) < 4.78 is 0. The predicted molar refractivity (Wildman–Crippen MR) is 120 cm³/mol. The molecular formula is C20H37IN4O. The zero-order valence-electron chi connectivity index (χ0n) is 16.4. The summed E-state index contributed by atoms with van der Waals surface area (Å²) >= 11 is 0. The van der Waals surface area contributed by atoms with Crippen molar-refractivity contribution >= 4 is 35.8 Å². The molecule has 1 heterocycles. The van der Waals surface area contributed by atoms with Gasteiger partial charge < -0.3 is 15.5 Å². The van der Waals surface area contributed by atoms with Gasteiger partial charge in [-0.25, -0.2) is 0 Å². The van der Waals surface area contributed by atoms with Crippen LogP contribution in [0.25, 0.3) is 0 Å². The first-order valence-corrected chi connectivity index (χ1v) is 10.3. The van der Waals surface area contributed by atoms with E-state index >= 15 is 0 Å². The van der Waals surface area contributed by atoms with Crippen LogP contribution in [0.1, 0.15) is 71.1 Å². The van der Waals surface area contributed by atoms with E-state index in [1.54, 1.807) is 5.57 Å². The smallest absolute Gasteiger partial charge is 0.222 e. The fourth-order valence-corrected chi connectivity index (χ4v) is 3.54. The second-order valence-corrected chi connectivity index (χ2v) is 7.09. The van der Waals surface area contributed by atoms with Gasteiger partial charge in [-0.15, -0.1) is 24.0 Å². The van der Waals surface area contributed by atoms with Gasteiger partial charge in [0.1, 0.15) is 0 Å². The van der Waals surface area contributed by atoms with Crippen LogP contribution in [-0.4, -0.2) is 49.5 Å². The van der Waals surface area contributed by atoms with Crippen molar-refractivity contribution < 1.29 is 4.79 Å². The highest BCUT2D eigenvalue weighted by molar-refractivity contribution is 14.0. The van der Waals surface area contributed by atoms with E-state index in [1.807, 2.05) is 4.90 Å². The van der Waals surface area contributed by atoms with Crippen LogP contribution in [0.4, 0.5) is 0 Å². The zero-order valence-corrected chi connectivity index (χ0v) is 18.7. The molecule has 150 valence electrons. The Labute approximate surface area is 176 Å². The van der Waals surface area contributed by atoms with Crippen LogP contribution in [0.5, 0.6) is 0 Å². The Morgan fingerprint density at radius 2 is 2.00 bits per heavy atom. The van der Waals surface area contributed by atoms with Gasteiger partial charge in [0.25, 0.3) is 0 Å². The Kier molecular flexibility index (Phi) is 12.8. The third-order valence-corrected chi connectivity index (χ3v) is 5.00. The lowest BCUT2D eigenvalue weighted by Crippen LogP contribution is -2.38. The first kappa shape index (κ1) is 23.2. The summed E-state index contributed by atoms with van der Waals surface area (Å²) in [4.78, 5) is 18.7. The minimum absolute atomic E-state index is 0. The quantitative estimate of drug-likeness (QED) is 0.184. The monoisotopic (exact) mass is 476 g/mol. The predicted octanol–water partition coefficient (Wildman–Crippen LogP) is 3.84. The maximum absolute atomic E-state index is 12.0. The van der Waals surface area contributed by atoms with Gasteiger partial charge in [-0.2, -0.15) is 0 Å². The number of aliphatic imine (C=N–C) groups is 1. The molecule has 0 radical (unpaired) electrons. The van der Waals surface area contributed by atoms with Crippen molar-refractivity contribution in [3.05, 3.63) is 11.6 Å². The Hall–Kier alpha value is -0.790. The van der Waals surface area contributed by atoms with Crippen molar-refractivity contribution in [3.63, 3.8) is 0 Å². The van der Waals surface area contributed by atoms with E-state index in [0.717, 1.165) is 70.8 Å². The average molecular weight is 476 g/mol. The van der Waals surface area contributed by atoms with Crippen molar-refractivity contribution in [2.24, 2.45) is 4.99 Å². The molecule has 0 aromatic rings. The molecule has 2 rings (SSSR count). The highest BCUT2D eigenvalue weighted by Crippen LogP contribution is 2.19. The van der Waals surface area contributed by atoms with Crippen molar-refractivity contribution in [2.45, 2.75) is 71.1 Å². The van der Waals surface area contributed by atoms with Crippen molar-refractivity contribution in [2.75, 3.05) is 32.7 Å². The van der Waals surface area contributed by atoms with Crippen LogP contribution in [-0.2, 0) is 4.79 Å². The normalized spacial score (nSPS) is 18.7. The minimum Gasteiger partial charge on any atom is -0.357 e. The summed E-state index contributed by atoms with van der Waals surface area (Å²) in [6, 6.07) is 0. The maximum atomic E-state index is 12.0. The summed E-state index contributed by atoms with van der Waals surface area (Å²) in [6.45, 7) is 6.45. The Morgan fingerprint density at radius 3 is 2.77 bits per heavy atom. The van der Waals surface area contributed by atoms with E-state index in [1.165, 1.54) is 32.1 Å². The molecular weight excluding hydrogens is 439 g/mol. The summed E-state index contributed by atoms with van der Waals surface area (Å²) in [5.41, 5.74) is 1.59. The molecule has 6 heteroatoms. The van der Waals surface area contributed by atoms with E-state index in [0.29, 0.717) is 5.91 Å². The first-order valence-electron chi connectivity index (χ1n) is 10.3. The van der Waals surface area contributed by atoms with Crippen LogP contribution >= 0.6 is 24.0 Å². The molecule has 1 fully saturated rings. The zero-order chi connectivity index (χ0) is 17.7. The molecule has 0 unspecified atom stereocenters. The first-order chi connectivity index (χ1) is 12.3. The number of carbonyl (C=O) groups excluding carboxylic acids is 1. The SMILES string of the molecule is CCNC(=NCCCN1CCCCCC1=O)NCCC1=CCCCC1.I. The third kappa shape index (κ3) is 9.24. The molecule has 2 aliphatic rings. The van der Waals surface area contributed by atoms with Gasteiger partial charge in [-0.05, 0) is 58.3 Å². The number of carbonyl (C=O) groups is 1. The maximum Gasteiger partial charge on any atom is 0.222 e. The van der Waals surface area contributed by atoms with Crippen molar-refractivity contribution in [1.82, 2.24) is 15.5 Å². The van der Waals surface area contributed by atoms with Gasteiger partial charge >= 0.3 is 0 Å². The number of hydrogen-bond donors (Lipinski definition) is 2. The molecule has 0 bridgehead atoms. The largest absolute Gasteiger partial charge is 0.357 e. The molecule has 1 amide bonds. The fourth-order valence-electron chi connectivity index (χ4n) is 3.54. The number of allylic oxidation sites excluding steroid dienone is 1. The number of nitrogens with one attached hydrogen (secondary N) is 2. The molecule has 0 spiro atoms. The van der Waals surface area contributed by atoms with Gasteiger partial charge in [0.05, 0.1) is 0 Å². The second kappa shape index (κ2) is 14.3. The number of guanidine groups is 1. The highest BCUT2D eigenvalue weighted by atomic mass is 127. The number of hydrogen-bond acceptors (Lipinski definition) is 2. The van der Waals surface area contributed by atoms with Gasteiger partial charge in [0.2, 0.25) is 5.91 Å². The Morgan fingerprint density at radius 1 is 1.15 bits per heavy atom. The standard InChI is InChI=1S/C20H36N4O.HI/c1-2-21-20(23-15-13-18-10-5-3-6-11-18)22-14-9-17-24-16-8-4-7-12-19(24)25;/h10H,2-9,11-17H2,1H3,(H2,21,22,23);1H. The lowest BCUT2D eigenvalue weighted by atomic mass is 9.97. The molecule has 26 heavy (non-hydrogen) atoms. The van der Waals surface area contributed by atoms with E-state index in [4.69, 9.17) is 0 Å². The lowest BCUT2D eigenvalue weighted by molar-refractivity contribution is -0.130. The van der Waals surface area contributed by atoms with Gasteiger partial charge in [-0.1, -0.05) is 18.1 Å².